The van der Waals surface area contributed by atoms with Crippen LogP contribution < -0.4 is 4.74 Å². The number of rotatable bonds is 8. The molecule has 1 aromatic carbocycles. The maximum absolute atomic E-state index is 12.3. The molecular formula is C21H26N2O5. The van der Waals surface area contributed by atoms with Crippen LogP contribution >= 0.6 is 0 Å². The van der Waals surface area contributed by atoms with E-state index in [1.54, 1.807) is 38.2 Å². The minimum absolute atomic E-state index is 0.0294. The van der Waals surface area contributed by atoms with E-state index in [0.717, 1.165) is 19.3 Å². The molecule has 1 aliphatic rings. The van der Waals surface area contributed by atoms with Crippen molar-refractivity contribution in [2.75, 3.05) is 20.3 Å². The third kappa shape index (κ3) is 5.32. The molecule has 0 unspecified atom stereocenters. The number of ketones is 1. The summed E-state index contributed by atoms with van der Waals surface area (Å²) in [4.78, 5) is 37.2. The molecule has 0 saturated heterocycles. The van der Waals surface area contributed by atoms with Gasteiger partial charge in [-0.05, 0) is 37.1 Å². The lowest BCUT2D eigenvalue weighted by atomic mass is 9.81. The predicted octanol–water partition coefficient (Wildman–Crippen LogP) is 2.89. The quantitative estimate of drug-likeness (QED) is 0.503. The third-order valence-corrected chi connectivity index (χ3v) is 5.12. The largest absolute Gasteiger partial charge is 0.482 e. The van der Waals surface area contributed by atoms with Crippen molar-refractivity contribution in [2.45, 2.75) is 51.0 Å². The van der Waals surface area contributed by atoms with E-state index in [1.807, 2.05) is 0 Å². The van der Waals surface area contributed by atoms with Crippen LogP contribution in [0.1, 0.15) is 55.8 Å². The zero-order valence-corrected chi connectivity index (χ0v) is 16.4. The first-order valence-corrected chi connectivity index (χ1v) is 9.51. The number of carbonyl (C=O) groups is 3. The average Bonchev–Trinajstić information content (AvgIpc) is 2.75. The van der Waals surface area contributed by atoms with E-state index in [-0.39, 0.29) is 12.4 Å². The van der Waals surface area contributed by atoms with Gasteiger partial charge < -0.3 is 14.4 Å². The minimum Gasteiger partial charge on any atom is -0.482 e. The van der Waals surface area contributed by atoms with E-state index >= 15 is 0 Å². The Bertz CT molecular complexity index is 745. The number of nitriles is 1. The second-order valence-corrected chi connectivity index (χ2v) is 6.91. The van der Waals surface area contributed by atoms with Gasteiger partial charge in [0, 0.05) is 19.0 Å². The van der Waals surface area contributed by atoms with Crippen molar-refractivity contribution in [3.63, 3.8) is 0 Å². The number of ether oxygens (including phenoxy) is 2. The summed E-state index contributed by atoms with van der Waals surface area (Å²) < 4.78 is 10.3. The standard InChI is InChI=1S/C21H26N2O5/c1-3-18(24)16-7-9-17(10-8-16)27-14-20(26)28-13-19(25)23(2)21(15-22)11-5-4-6-12-21/h7-10H,3-6,11-14H2,1-2H3. The number of amides is 1. The van der Waals surface area contributed by atoms with Gasteiger partial charge in [-0.1, -0.05) is 26.2 Å². The van der Waals surface area contributed by atoms with Crippen LogP contribution in [0, 0.1) is 11.3 Å². The predicted molar refractivity (Wildman–Crippen MR) is 102 cm³/mol. The van der Waals surface area contributed by atoms with E-state index in [4.69, 9.17) is 9.47 Å². The van der Waals surface area contributed by atoms with Gasteiger partial charge in [-0.2, -0.15) is 5.26 Å². The maximum Gasteiger partial charge on any atom is 0.344 e. The lowest BCUT2D eigenvalue weighted by molar-refractivity contribution is -0.155. The summed E-state index contributed by atoms with van der Waals surface area (Å²) in [7, 11) is 1.58. The van der Waals surface area contributed by atoms with Crippen molar-refractivity contribution >= 4 is 17.7 Å². The van der Waals surface area contributed by atoms with Crippen LogP contribution in [0.25, 0.3) is 0 Å². The molecule has 0 atom stereocenters. The lowest BCUT2D eigenvalue weighted by Crippen LogP contribution is -2.51. The maximum atomic E-state index is 12.3. The Morgan fingerprint density at radius 2 is 1.75 bits per heavy atom. The summed E-state index contributed by atoms with van der Waals surface area (Å²) >= 11 is 0. The molecule has 0 bridgehead atoms. The topological polar surface area (TPSA) is 96.7 Å². The zero-order valence-electron chi connectivity index (χ0n) is 16.4. The molecule has 1 amide bonds. The van der Waals surface area contributed by atoms with Gasteiger partial charge in [0.15, 0.2) is 19.0 Å². The lowest BCUT2D eigenvalue weighted by Gasteiger charge is -2.38. The number of carbonyl (C=O) groups excluding carboxylic acids is 3. The smallest absolute Gasteiger partial charge is 0.344 e. The van der Waals surface area contributed by atoms with E-state index in [9.17, 15) is 19.6 Å². The SMILES string of the molecule is CCC(=O)c1ccc(OCC(=O)OCC(=O)N(C)C2(C#N)CCCCC2)cc1. The van der Waals surface area contributed by atoms with Crippen molar-refractivity contribution in [3.8, 4) is 11.8 Å². The fraction of sp³-hybridized carbons (Fsp3) is 0.524. The van der Waals surface area contributed by atoms with Gasteiger partial charge in [-0.25, -0.2) is 4.79 Å². The first-order valence-electron chi connectivity index (χ1n) is 9.51. The molecule has 0 radical (unpaired) electrons. The summed E-state index contributed by atoms with van der Waals surface area (Å²) in [5.41, 5.74) is -0.226. The molecule has 28 heavy (non-hydrogen) atoms. The van der Waals surface area contributed by atoms with E-state index in [0.29, 0.717) is 30.6 Å². The van der Waals surface area contributed by atoms with Crippen LogP contribution in [-0.2, 0) is 14.3 Å². The fourth-order valence-corrected chi connectivity index (χ4v) is 3.26. The molecule has 2 rings (SSSR count). The third-order valence-electron chi connectivity index (χ3n) is 5.12. The summed E-state index contributed by atoms with van der Waals surface area (Å²) in [5, 5.41) is 9.53. The summed E-state index contributed by atoms with van der Waals surface area (Å²) in [6.45, 7) is 1.02. The average molecular weight is 386 g/mol. The van der Waals surface area contributed by atoms with Crippen LogP contribution in [0.15, 0.2) is 24.3 Å². The van der Waals surface area contributed by atoms with Crippen LogP contribution in [0.4, 0.5) is 0 Å². The Balaban J connectivity index is 1.79. The number of hydrogen-bond donors (Lipinski definition) is 0. The normalized spacial score (nSPS) is 15.2. The van der Waals surface area contributed by atoms with E-state index in [1.165, 1.54) is 4.90 Å². The Hall–Kier alpha value is -2.88. The number of nitrogens with zero attached hydrogens (tertiary/aromatic N) is 2. The highest BCUT2D eigenvalue weighted by Crippen LogP contribution is 2.32. The van der Waals surface area contributed by atoms with Gasteiger partial charge in [-0.15, -0.1) is 0 Å². The Labute approximate surface area is 165 Å². The summed E-state index contributed by atoms with van der Waals surface area (Å²) in [6, 6.07) is 8.75. The molecule has 0 N–H and O–H groups in total. The molecule has 0 spiro atoms. The van der Waals surface area contributed by atoms with Crippen molar-refractivity contribution in [1.82, 2.24) is 4.90 Å². The molecule has 1 fully saturated rings. The minimum atomic E-state index is -0.810. The second-order valence-electron chi connectivity index (χ2n) is 6.91. The highest BCUT2D eigenvalue weighted by atomic mass is 16.6. The van der Waals surface area contributed by atoms with Gasteiger partial charge in [0.1, 0.15) is 11.3 Å². The molecule has 1 aliphatic carbocycles. The molecule has 0 aliphatic heterocycles. The first-order chi connectivity index (χ1) is 13.4. The molecule has 7 heteroatoms. The summed E-state index contributed by atoms with van der Waals surface area (Å²) in [5.74, 6) is -0.621. The Morgan fingerprint density at radius 3 is 2.32 bits per heavy atom. The van der Waals surface area contributed by atoms with Crippen LogP contribution in [0.5, 0.6) is 5.75 Å². The molecule has 150 valence electrons. The van der Waals surface area contributed by atoms with Gasteiger partial charge in [0.25, 0.3) is 5.91 Å². The van der Waals surface area contributed by atoms with Crippen molar-refractivity contribution < 1.29 is 23.9 Å². The first kappa shape index (κ1) is 21.4. The van der Waals surface area contributed by atoms with Gasteiger partial charge in [-0.3, -0.25) is 9.59 Å². The van der Waals surface area contributed by atoms with Crippen molar-refractivity contribution in [2.24, 2.45) is 0 Å². The number of hydrogen-bond acceptors (Lipinski definition) is 6. The highest BCUT2D eigenvalue weighted by molar-refractivity contribution is 5.95. The monoisotopic (exact) mass is 386 g/mol. The Morgan fingerprint density at radius 1 is 1.11 bits per heavy atom. The van der Waals surface area contributed by atoms with Gasteiger partial charge in [0.05, 0.1) is 6.07 Å². The molecular weight excluding hydrogens is 360 g/mol. The van der Waals surface area contributed by atoms with Crippen molar-refractivity contribution in [1.29, 1.82) is 5.26 Å². The fourth-order valence-electron chi connectivity index (χ4n) is 3.26. The van der Waals surface area contributed by atoms with Gasteiger partial charge >= 0.3 is 5.97 Å². The molecule has 0 heterocycles. The van der Waals surface area contributed by atoms with Crippen LogP contribution in [-0.4, -0.2) is 48.4 Å². The Kier molecular flexibility index (Phi) is 7.56. The summed E-state index contributed by atoms with van der Waals surface area (Å²) in [6.07, 6.45) is 4.56. The van der Waals surface area contributed by atoms with Crippen LogP contribution in [0.2, 0.25) is 0 Å². The van der Waals surface area contributed by atoms with E-state index in [2.05, 4.69) is 6.07 Å². The molecule has 0 aromatic heterocycles. The van der Waals surface area contributed by atoms with E-state index < -0.39 is 24.0 Å². The van der Waals surface area contributed by atoms with Crippen molar-refractivity contribution in [3.05, 3.63) is 29.8 Å². The number of likely N-dealkylation sites (N-methyl/N-ethyl adjacent to an activating group) is 1. The molecule has 7 nitrogen and oxygen atoms in total. The number of esters is 1. The van der Waals surface area contributed by atoms with Crippen LogP contribution in [0.3, 0.4) is 0 Å². The zero-order chi connectivity index (χ0) is 20.6. The molecule has 1 saturated carbocycles. The number of Topliss-reactive ketones (excluding diaryl/α,β-unsaturated/α-hetero) is 1. The second kappa shape index (κ2) is 9.88. The van der Waals surface area contributed by atoms with Gasteiger partial charge in [0.2, 0.25) is 0 Å². The molecule has 1 aromatic rings. The number of benzene rings is 1. The highest BCUT2D eigenvalue weighted by Gasteiger charge is 2.38.